The van der Waals surface area contributed by atoms with Crippen molar-refractivity contribution in [1.82, 2.24) is 4.98 Å². The van der Waals surface area contributed by atoms with Gasteiger partial charge in [0.15, 0.2) is 5.92 Å². The van der Waals surface area contributed by atoms with Gasteiger partial charge in [-0.2, -0.15) is 0 Å². The molecule has 0 fully saturated rings. The normalized spacial score (nSPS) is 10.5. The van der Waals surface area contributed by atoms with Crippen molar-refractivity contribution in [3.8, 4) is 0 Å². The first-order chi connectivity index (χ1) is 14.0. The third-order valence-corrected chi connectivity index (χ3v) is 4.63. The Bertz CT molecular complexity index is 1040. The van der Waals surface area contributed by atoms with E-state index in [0.29, 0.717) is 21.5 Å². The number of H-pyrrole nitrogens is 1. The van der Waals surface area contributed by atoms with E-state index in [1.807, 2.05) is 0 Å². The summed E-state index contributed by atoms with van der Waals surface area (Å²) < 4.78 is 10.2. The van der Waals surface area contributed by atoms with Gasteiger partial charge in [-0.1, -0.05) is 48.0 Å². The lowest BCUT2D eigenvalue weighted by atomic mass is 9.93. The average molecular weight is 432 g/mol. The molecule has 8 heteroatoms. The standard InChI is InChI=1S/C22H20ClNO5.H2O/c1-3-28-21(26)18(22(27)29-4-2)17-15-11-10-14(23)12-16(15)24-19(17)20(25)13-8-6-5-7-9-13;/h5-12,18,24H,3-4H2,1-2H3;1H2. The zero-order chi connectivity index (χ0) is 21.0. The molecule has 0 aliphatic heterocycles. The summed E-state index contributed by atoms with van der Waals surface area (Å²) >= 11 is 6.09. The van der Waals surface area contributed by atoms with Crippen LogP contribution in [0.2, 0.25) is 5.02 Å². The van der Waals surface area contributed by atoms with Crippen LogP contribution in [0, 0.1) is 0 Å². The van der Waals surface area contributed by atoms with Gasteiger partial charge in [-0.25, -0.2) is 0 Å². The maximum Gasteiger partial charge on any atom is 0.324 e. The topological polar surface area (TPSA) is 117 Å². The number of aromatic amines is 1. The summed E-state index contributed by atoms with van der Waals surface area (Å²) in [5.74, 6) is -3.30. The van der Waals surface area contributed by atoms with Gasteiger partial charge >= 0.3 is 11.9 Å². The van der Waals surface area contributed by atoms with Crippen LogP contribution in [0.4, 0.5) is 0 Å². The van der Waals surface area contributed by atoms with Gasteiger partial charge in [0.2, 0.25) is 5.78 Å². The molecule has 0 saturated heterocycles. The van der Waals surface area contributed by atoms with Gasteiger partial charge in [0.1, 0.15) is 0 Å². The second kappa shape index (κ2) is 10.0. The van der Waals surface area contributed by atoms with Gasteiger partial charge in [-0.3, -0.25) is 14.4 Å². The maximum atomic E-state index is 13.2. The first kappa shape index (κ1) is 23.1. The molecular formula is C22H22ClNO6. The third-order valence-electron chi connectivity index (χ3n) is 4.40. The summed E-state index contributed by atoms with van der Waals surface area (Å²) in [5.41, 5.74) is 1.30. The van der Waals surface area contributed by atoms with Crippen molar-refractivity contribution < 1.29 is 29.3 Å². The Morgan fingerprint density at radius 2 is 1.57 bits per heavy atom. The number of nitrogens with one attached hydrogen (secondary N) is 1. The summed E-state index contributed by atoms with van der Waals surface area (Å²) in [6.07, 6.45) is 0. The zero-order valence-electron chi connectivity index (χ0n) is 16.5. The Morgan fingerprint density at radius 1 is 0.967 bits per heavy atom. The molecule has 1 heterocycles. The Balaban J connectivity index is 0.00000320. The van der Waals surface area contributed by atoms with Gasteiger partial charge in [0, 0.05) is 27.1 Å². The van der Waals surface area contributed by atoms with E-state index in [9.17, 15) is 14.4 Å². The fourth-order valence-electron chi connectivity index (χ4n) is 3.19. The molecule has 2 aromatic carbocycles. The van der Waals surface area contributed by atoms with Crippen LogP contribution in [0.5, 0.6) is 0 Å². The predicted molar refractivity (Wildman–Crippen MR) is 113 cm³/mol. The molecule has 1 aromatic heterocycles. The molecule has 0 aliphatic rings. The molecule has 0 radical (unpaired) electrons. The number of rotatable bonds is 7. The first-order valence-electron chi connectivity index (χ1n) is 9.22. The number of aromatic nitrogens is 1. The van der Waals surface area contributed by atoms with Crippen molar-refractivity contribution >= 4 is 40.2 Å². The number of carbonyl (C=O) groups is 3. The SMILES string of the molecule is CCOC(=O)C(C(=O)OCC)c1c(C(=O)c2ccccc2)[nH]c2cc(Cl)ccc12.O. The number of ether oxygens (including phenoxy) is 2. The van der Waals surface area contributed by atoms with Gasteiger partial charge in [0.05, 0.1) is 18.9 Å². The summed E-state index contributed by atoms with van der Waals surface area (Å²) in [4.78, 5) is 41.7. The molecule has 0 atom stereocenters. The molecule has 3 N–H and O–H groups in total. The minimum Gasteiger partial charge on any atom is -0.465 e. The Hall–Kier alpha value is -3.16. The van der Waals surface area contributed by atoms with Gasteiger partial charge < -0.3 is 19.9 Å². The van der Waals surface area contributed by atoms with E-state index in [1.165, 1.54) is 0 Å². The Labute approximate surface area is 178 Å². The summed E-state index contributed by atoms with van der Waals surface area (Å²) in [6.45, 7) is 3.46. The lowest BCUT2D eigenvalue weighted by Gasteiger charge is -2.16. The zero-order valence-corrected chi connectivity index (χ0v) is 17.3. The minimum atomic E-state index is -1.40. The van der Waals surface area contributed by atoms with Gasteiger partial charge in [-0.15, -0.1) is 0 Å². The number of fused-ring (bicyclic) bond motifs is 1. The number of benzene rings is 2. The molecule has 0 amide bonds. The van der Waals surface area contributed by atoms with Crippen molar-refractivity contribution in [2.24, 2.45) is 0 Å². The molecule has 158 valence electrons. The van der Waals surface area contributed by atoms with Crippen LogP contribution in [0.3, 0.4) is 0 Å². The van der Waals surface area contributed by atoms with E-state index in [4.69, 9.17) is 21.1 Å². The van der Waals surface area contributed by atoms with E-state index in [1.54, 1.807) is 62.4 Å². The first-order valence-corrected chi connectivity index (χ1v) is 9.59. The van der Waals surface area contributed by atoms with Crippen LogP contribution in [0.15, 0.2) is 48.5 Å². The largest absolute Gasteiger partial charge is 0.465 e. The van der Waals surface area contributed by atoms with Crippen LogP contribution in [-0.2, 0) is 19.1 Å². The van der Waals surface area contributed by atoms with Crippen molar-refractivity contribution in [2.75, 3.05) is 13.2 Å². The van der Waals surface area contributed by atoms with Gasteiger partial charge in [-0.05, 0) is 26.0 Å². The quantitative estimate of drug-likeness (QED) is 0.349. The minimum absolute atomic E-state index is 0. The number of hydrogen-bond donors (Lipinski definition) is 1. The number of ketones is 1. The monoisotopic (exact) mass is 431 g/mol. The fraction of sp³-hybridized carbons (Fsp3) is 0.227. The maximum absolute atomic E-state index is 13.2. The Morgan fingerprint density at radius 3 is 2.13 bits per heavy atom. The second-order valence-electron chi connectivity index (χ2n) is 6.24. The fourth-order valence-corrected chi connectivity index (χ4v) is 3.36. The molecule has 0 unspecified atom stereocenters. The predicted octanol–water partition coefficient (Wildman–Crippen LogP) is 3.44. The van der Waals surface area contributed by atoms with Crippen LogP contribution >= 0.6 is 11.6 Å². The van der Waals surface area contributed by atoms with Crippen molar-refractivity contribution in [3.05, 3.63) is 70.4 Å². The van der Waals surface area contributed by atoms with Crippen LogP contribution in [0.25, 0.3) is 10.9 Å². The average Bonchev–Trinajstić information content (AvgIpc) is 3.07. The molecule has 0 bridgehead atoms. The molecule has 30 heavy (non-hydrogen) atoms. The highest BCUT2D eigenvalue weighted by Gasteiger charge is 2.37. The van der Waals surface area contributed by atoms with Crippen molar-refractivity contribution in [3.63, 3.8) is 0 Å². The molecular weight excluding hydrogens is 410 g/mol. The number of hydrogen-bond acceptors (Lipinski definition) is 5. The van der Waals surface area contributed by atoms with E-state index in [0.717, 1.165) is 0 Å². The molecule has 0 saturated carbocycles. The van der Waals surface area contributed by atoms with E-state index >= 15 is 0 Å². The lowest BCUT2D eigenvalue weighted by Crippen LogP contribution is -2.27. The van der Waals surface area contributed by atoms with E-state index in [-0.39, 0.29) is 35.7 Å². The Kier molecular flexibility index (Phi) is 7.74. The molecule has 7 nitrogen and oxygen atoms in total. The highest BCUT2D eigenvalue weighted by atomic mass is 35.5. The second-order valence-corrected chi connectivity index (χ2v) is 6.67. The lowest BCUT2D eigenvalue weighted by molar-refractivity contribution is -0.156. The van der Waals surface area contributed by atoms with Crippen LogP contribution < -0.4 is 0 Å². The number of esters is 2. The van der Waals surface area contributed by atoms with Crippen molar-refractivity contribution in [2.45, 2.75) is 19.8 Å². The molecule has 3 aromatic rings. The third kappa shape index (κ3) is 4.53. The summed E-state index contributed by atoms with van der Waals surface area (Å²) in [7, 11) is 0. The van der Waals surface area contributed by atoms with E-state index in [2.05, 4.69) is 4.98 Å². The molecule has 0 spiro atoms. The molecule has 3 rings (SSSR count). The molecule has 0 aliphatic carbocycles. The smallest absolute Gasteiger partial charge is 0.324 e. The summed E-state index contributed by atoms with van der Waals surface area (Å²) in [5, 5.41) is 0.979. The number of halogens is 1. The highest BCUT2D eigenvalue weighted by Crippen LogP contribution is 2.34. The van der Waals surface area contributed by atoms with Crippen molar-refractivity contribution in [1.29, 1.82) is 0 Å². The van der Waals surface area contributed by atoms with Crippen LogP contribution in [0.1, 0.15) is 41.4 Å². The highest BCUT2D eigenvalue weighted by molar-refractivity contribution is 6.31. The van der Waals surface area contributed by atoms with E-state index < -0.39 is 17.9 Å². The van der Waals surface area contributed by atoms with Gasteiger partial charge in [0.25, 0.3) is 0 Å². The summed E-state index contributed by atoms with van der Waals surface area (Å²) in [6, 6.07) is 13.5. The van der Waals surface area contributed by atoms with Crippen LogP contribution in [-0.4, -0.2) is 41.4 Å². The number of carbonyl (C=O) groups excluding carboxylic acids is 3.